The molecule has 106 valence electrons. The van der Waals surface area contributed by atoms with E-state index in [9.17, 15) is 8.42 Å². The fraction of sp³-hybridized carbons (Fsp3) is 0.538. The zero-order valence-electron chi connectivity index (χ0n) is 10.9. The number of benzene rings is 1. The summed E-state index contributed by atoms with van der Waals surface area (Å²) >= 11 is 0. The third-order valence-corrected chi connectivity index (χ3v) is 5.25. The predicted molar refractivity (Wildman–Crippen MR) is 73.7 cm³/mol. The molecular formula is C13H20N2O3S. The standard InChI is InChI=1S/C13H20N2O3S/c16-11-10-15(12-13-6-2-1-3-7-13)19(17,18)14-8-4-5-9-14/h1-3,6-7,16H,4-5,8-12H2. The van der Waals surface area contributed by atoms with E-state index < -0.39 is 10.2 Å². The Morgan fingerprint density at radius 1 is 1.16 bits per heavy atom. The van der Waals surface area contributed by atoms with E-state index in [0.29, 0.717) is 19.6 Å². The first-order valence-electron chi connectivity index (χ1n) is 6.54. The van der Waals surface area contributed by atoms with Crippen molar-refractivity contribution in [1.29, 1.82) is 0 Å². The van der Waals surface area contributed by atoms with Crippen molar-refractivity contribution in [3.63, 3.8) is 0 Å². The summed E-state index contributed by atoms with van der Waals surface area (Å²) in [5.41, 5.74) is 0.929. The van der Waals surface area contributed by atoms with E-state index in [0.717, 1.165) is 18.4 Å². The Labute approximate surface area is 114 Å². The smallest absolute Gasteiger partial charge is 0.282 e. The van der Waals surface area contributed by atoms with Crippen LogP contribution in [0.2, 0.25) is 0 Å². The van der Waals surface area contributed by atoms with Gasteiger partial charge in [0.05, 0.1) is 6.61 Å². The molecule has 6 heteroatoms. The number of rotatable bonds is 6. The van der Waals surface area contributed by atoms with Gasteiger partial charge in [0.1, 0.15) is 0 Å². The van der Waals surface area contributed by atoms with Gasteiger partial charge in [-0.15, -0.1) is 0 Å². The highest BCUT2D eigenvalue weighted by Gasteiger charge is 2.31. The van der Waals surface area contributed by atoms with Crippen LogP contribution in [0.15, 0.2) is 30.3 Å². The summed E-state index contributed by atoms with van der Waals surface area (Å²) in [4.78, 5) is 0. The Hall–Kier alpha value is -0.950. The number of aliphatic hydroxyl groups is 1. The van der Waals surface area contributed by atoms with Gasteiger partial charge in [-0.1, -0.05) is 30.3 Å². The van der Waals surface area contributed by atoms with E-state index >= 15 is 0 Å². The number of aliphatic hydroxyl groups excluding tert-OH is 1. The van der Waals surface area contributed by atoms with E-state index in [-0.39, 0.29) is 13.2 Å². The molecule has 0 spiro atoms. The molecule has 1 saturated heterocycles. The SMILES string of the molecule is O=S(=O)(N1CCCC1)N(CCO)Cc1ccccc1. The molecule has 1 N–H and O–H groups in total. The Bertz CT molecular complexity index is 484. The van der Waals surface area contributed by atoms with Crippen LogP contribution in [-0.4, -0.2) is 48.4 Å². The Kier molecular flexibility index (Phi) is 4.93. The monoisotopic (exact) mass is 284 g/mol. The van der Waals surface area contributed by atoms with E-state index in [1.807, 2.05) is 30.3 Å². The summed E-state index contributed by atoms with van der Waals surface area (Å²) in [5.74, 6) is 0. The third-order valence-electron chi connectivity index (χ3n) is 3.27. The number of hydrogen-bond acceptors (Lipinski definition) is 3. The minimum Gasteiger partial charge on any atom is -0.395 e. The quantitative estimate of drug-likeness (QED) is 0.841. The Morgan fingerprint density at radius 2 is 1.79 bits per heavy atom. The van der Waals surface area contributed by atoms with Gasteiger partial charge in [0.25, 0.3) is 10.2 Å². The number of nitrogens with zero attached hydrogens (tertiary/aromatic N) is 2. The summed E-state index contributed by atoms with van der Waals surface area (Å²) in [6.07, 6.45) is 1.83. The van der Waals surface area contributed by atoms with Gasteiger partial charge in [-0.25, -0.2) is 0 Å². The van der Waals surface area contributed by atoms with Crippen molar-refractivity contribution in [2.24, 2.45) is 0 Å². The van der Waals surface area contributed by atoms with E-state index in [1.165, 1.54) is 8.61 Å². The molecular weight excluding hydrogens is 264 g/mol. The molecule has 1 fully saturated rings. The van der Waals surface area contributed by atoms with E-state index in [2.05, 4.69) is 0 Å². The van der Waals surface area contributed by atoms with Crippen LogP contribution < -0.4 is 0 Å². The summed E-state index contributed by atoms with van der Waals surface area (Å²) in [6.45, 7) is 1.44. The molecule has 19 heavy (non-hydrogen) atoms. The summed E-state index contributed by atoms with van der Waals surface area (Å²) < 4.78 is 27.8. The molecule has 0 aliphatic carbocycles. The van der Waals surface area contributed by atoms with Crippen molar-refractivity contribution in [2.75, 3.05) is 26.2 Å². The van der Waals surface area contributed by atoms with Crippen LogP contribution >= 0.6 is 0 Å². The molecule has 0 bridgehead atoms. The van der Waals surface area contributed by atoms with Gasteiger partial charge in [-0.2, -0.15) is 17.0 Å². The lowest BCUT2D eigenvalue weighted by Crippen LogP contribution is -2.43. The maximum absolute atomic E-state index is 12.5. The van der Waals surface area contributed by atoms with Crippen LogP contribution in [0.3, 0.4) is 0 Å². The van der Waals surface area contributed by atoms with Gasteiger partial charge < -0.3 is 5.11 Å². The second kappa shape index (κ2) is 6.47. The molecule has 2 rings (SSSR count). The van der Waals surface area contributed by atoms with Crippen molar-refractivity contribution < 1.29 is 13.5 Å². The lowest BCUT2D eigenvalue weighted by Gasteiger charge is -2.26. The van der Waals surface area contributed by atoms with Gasteiger partial charge in [-0.05, 0) is 18.4 Å². The summed E-state index contributed by atoms with van der Waals surface area (Å²) in [6, 6.07) is 9.45. The van der Waals surface area contributed by atoms with Crippen molar-refractivity contribution >= 4 is 10.2 Å². The second-order valence-electron chi connectivity index (χ2n) is 4.66. The van der Waals surface area contributed by atoms with Crippen LogP contribution in [0.4, 0.5) is 0 Å². The van der Waals surface area contributed by atoms with Crippen molar-refractivity contribution in [2.45, 2.75) is 19.4 Å². The Morgan fingerprint density at radius 3 is 2.37 bits per heavy atom. The zero-order chi connectivity index (χ0) is 13.7. The first-order chi connectivity index (χ1) is 9.14. The molecule has 0 amide bonds. The molecule has 1 aliphatic heterocycles. The van der Waals surface area contributed by atoms with Crippen molar-refractivity contribution in [3.05, 3.63) is 35.9 Å². The van der Waals surface area contributed by atoms with Crippen LogP contribution in [0.25, 0.3) is 0 Å². The second-order valence-corrected chi connectivity index (χ2v) is 6.59. The van der Waals surface area contributed by atoms with Crippen LogP contribution in [0, 0.1) is 0 Å². The van der Waals surface area contributed by atoms with E-state index in [4.69, 9.17) is 5.11 Å². The first kappa shape index (κ1) is 14.5. The van der Waals surface area contributed by atoms with Crippen LogP contribution in [-0.2, 0) is 16.8 Å². The largest absolute Gasteiger partial charge is 0.395 e. The third kappa shape index (κ3) is 3.54. The fourth-order valence-corrected chi connectivity index (χ4v) is 3.93. The summed E-state index contributed by atoms with van der Waals surface area (Å²) in [5, 5.41) is 9.10. The fourth-order valence-electron chi connectivity index (χ4n) is 2.26. The highest BCUT2D eigenvalue weighted by molar-refractivity contribution is 7.86. The highest BCUT2D eigenvalue weighted by atomic mass is 32.2. The minimum atomic E-state index is -3.45. The van der Waals surface area contributed by atoms with Crippen molar-refractivity contribution in [3.8, 4) is 0 Å². The molecule has 1 aromatic rings. The molecule has 5 nitrogen and oxygen atoms in total. The van der Waals surface area contributed by atoms with Gasteiger partial charge in [0, 0.05) is 26.2 Å². The maximum Gasteiger partial charge on any atom is 0.282 e. The van der Waals surface area contributed by atoms with Gasteiger partial charge >= 0.3 is 0 Å². The zero-order valence-corrected chi connectivity index (χ0v) is 11.7. The molecule has 0 radical (unpaired) electrons. The molecule has 1 aromatic carbocycles. The van der Waals surface area contributed by atoms with Crippen LogP contribution in [0.5, 0.6) is 0 Å². The molecule has 0 aromatic heterocycles. The maximum atomic E-state index is 12.5. The normalized spacial score (nSPS) is 17.2. The highest BCUT2D eigenvalue weighted by Crippen LogP contribution is 2.18. The molecule has 0 atom stereocenters. The topological polar surface area (TPSA) is 60.9 Å². The lowest BCUT2D eigenvalue weighted by atomic mass is 10.2. The molecule has 1 aliphatic rings. The van der Waals surface area contributed by atoms with Gasteiger partial charge in [0.2, 0.25) is 0 Å². The Balaban J connectivity index is 2.15. The first-order valence-corrected chi connectivity index (χ1v) is 7.94. The van der Waals surface area contributed by atoms with Crippen LogP contribution in [0.1, 0.15) is 18.4 Å². The average Bonchev–Trinajstić information content (AvgIpc) is 2.94. The number of hydrogen-bond donors (Lipinski definition) is 1. The predicted octanol–water partition coefficient (Wildman–Crippen LogP) is 0.821. The average molecular weight is 284 g/mol. The summed E-state index contributed by atoms with van der Waals surface area (Å²) in [7, 11) is -3.45. The lowest BCUT2D eigenvalue weighted by molar-refractivity contribution is 0.243. The van der Waals surface area contributed by atoms with E-state index in [1.54, 1.807) is 0 Å². The molecule has 1 heterocycles. The van der Waals surface area contributed by atoms with Gasteiger partial charge in [0.15, 0.2) is 0 Å². The molecule has 0 saturated carbocycles. The van der Waals surface area contributed by atoms with Crippen molar-refractivity contribution in [1.82, 2.24) is 8.61 Å². The minimum absolute atomic E-state index is 0.133. The molecule has 0 unspecified atom stereocenters. The van der Waals surface area contributed by atoms with Gasteiger partial charge in [-0.3, -0.25) is 0 Å².